The first kappa shape index (κ1) is 19.8. The Hall–Kier alpha value is -3.15. The number of nitrogens with zero attached hydrogens (tertiary/aromatic N) is 2. The average Bonchev–Trinajstić information content (AvgIpc) is 3.27. The third-order valence-corrected chi connectivity index (χ3v) is 6.82. The van der Waals surface area contributed by atoms with E-state index in [1.807, 2.05) is 42.5 Å². The second-order valence-corrected chi connectivity index (χ2v) is 9.18. The van der Waals surface area contributed by atoms with Gasteiger partial charge in [-0.05, 0) is 42.3 Å². The van der Waals surface area contributed by atoms with Crippen LogP contribution in [0.5, 0.6) is 0 Å². The Labute approximate surface area is 191 Å². The Bertz CT molecular complexity index is 1340. The van der Waals surface area contributed by atoms with Gasteiger partial charge in [0.2, 0.25) is 0 Å². The van der Waals surface area contributed by atoms with Crippen molar-refractivity contribution in [2.75, 3.05) is 4.90 Å². The van der Waals surface area contributed by atoms with E-state index in [9.17, 15) is 4.79 Å². The van der Waals surface area contributed by atoms with Crippen LogP contribution in [-0.4, -0.2) is 14.8 Å². The van der Waals surface area contributed by atoms with E-state index < -0.39 is 0 Å². The van der Waals surface area contributed by atoms with Crippen LogP contribution >= 0.6 is 24.0 Å². The SMILES string of the molecule is Cc1ccccc1Cn1cc(C=C2SC(=S)N(c3ccccc3)C2=O)c2ccccc21. The molecule has 1 amide bonds. The number of carbonyl (C=O) groups is 1. The molecule has 31 heavy (non-hydrogen) atoms. The van der Waals surface area contributed by atoms with Gasteiger partial charge in [0.25, 0.3) is 5.91 Å². The van der Waals surface area contributed by atoms with Crippen molar-refractivity contribution in [3.05, 3.63) is 107 Å². The van der Waals surface area contributed by atoms with Crippen molar-refractivity contribution in [3.8, 4) is 0 Å². The van der Waals surface area contributed by atoms with E-state index in [4.69, 9.17) is 12.2 Å². The van der Waals surface area contributed by atoms with Gasteiger partial charge in [0.1, 0.15) is 0 Å². The summed E-state index contributed by atoms with van der Waals surface area (Å²) < 4.78 is 2.81. The maximum atomic E-state index is 13.1. The van der Waals surface area contributed by atoms with E-state index in [1.165, 1.54) is 22.9 Å². The smallest absolute Gasteiger partial charge is 0.270 e. The Morgan fingerprint density at radius 1 is 0.935 bits per heavy atom. The van der Waals surface area contributed by atoms with Crippen LogP contribution in [0.25, 0.3) is 17.0 Å². The standard InChI is InChI=1S/C26H20N2OS2/c1-18-9-5-6-10-19(18)16-27-17-20(22-13-7-8-14-23(22)27)15-24-25(29)28(26(30)31-24)21-11-3-2-4-12-21/h2-15,17H,16H2,1H3. The largest absolute Gasteiger partial charge is 0.342 e. The van der Waals surface area contributed by atoms with Gasteiger partial charge in [-0.25, -0.2) is 0 Å². The zero-order valence-electron chi connectivity index (χ0n) is 17.0. The van der Waals surface area contributed by atoms with Gasteiger partial charge in [-0.1, -0.05) is 84.6 Å². The molecular weight excluding hydrogens is 420 g/mol. The first-order chi connectivity index (χ1) is 15.1. The molecule has 0 atom stereocenters. The fraction of sp³-hybridized carbons (Fsp3) is 0.0769. The Morgan fingerprint density at radius 2 is 1.65 bits per heavy atom. The summed E-state index contributed by atoms with van der Waals surface area (Å²) in [6.45, 7) is 2.92. The number of thioether (sulfide) groups is 1. The van der Waals surface area contributed by atoms with Crippen molar-refractivity contribution >= 4 is 56.9 Å². The van der Waals surface area contributed by atoms with E-state index in [0.29, 0.717) is 9.23 Å². The van der Waals surface area contributed by atoms with Gasteiger partial charge < -0.3 is 4.57 Å². The van der Waals surface area contributed by atoms with Gasteiger partial charge in [0.15, 0.2) is 4.32 Å². The highest BCUT2D eigenvalue weighted by Gasteiger charge is 2.33. The maximum Gasteiger partial charge on any atom is 0.270 e. The number of fused-ring (bicyclic) bond motifs is 1. The number of thiocarbonyl (C=S) groups is 1. The van der Waals surface area contributed by atoms with Gasteiger partial charge in [-0.3, -0.25) is 9.69 Å². The monoisotopic (exact) mass is 440 g/mol. The number of aryl methyl sites for hydroxylation is 1. The molecule has 0 aliphatic carbocycles. The molecule has 0 unspecified atom stereocenters. The van der Waals surface area contributed by atoms with E-state index in [2.05, 4.69) is 60.2 Å². The third kappa shape index (κ3) is 3.71. The van der Waals surface area contributed by atoms with Gasteiger partial charge in [0.05, 0.1) is 10.6 Å². The van der Waals surface area contributed by atoms with E-state index in [0.717, 1.165) is 28.7 Å². The van der Waals surface area contributed by atoms with Crippen molar-refractivity contribution in [3.63, 3.8) is 0 Å². The minimum absolute atomic E-state index is 0.0723. The van der Waals surface area contributed by atoms with Crippen LogP contribution in [0.4, 0.5) is 5.69 Å². The van der Waals surface area contributed by atoms with Crippen molar-refractivity contribution in [1.29, 1.82) is 0 Å². The molecule has 0 bridgehead atoms. The molecule has 5 heteroatoms. The van der Waals surface area contributed by atoms with Gasteiger partial charge in [-0.15, -0.1) is 0 Å². The molecule has 0 saturated carbocycles. The number of anilines is 1. The van der Waals surface area contributed by atoms with Crippen LogP contribution in [0.3, 0.4) is 0 Å². The number of amides is 1. The first-order valence-corrected chi connectivity index (χ1v) is 11.3. The Kier molecular flexibility index (Phi) is 5.22. The lowest BCUT2D eigenvalue weighted by Crippen LogP contribution is -2.27. The molecule has 5 rings (SSSR count). The molecule has 0 radical (unpaired) electrons. The number of para-hydroxylation sites is 2. The molecule has 3 nitrogen and oxygen atoms in total. The second kappa shape index (κ2) is 8.17. The Morgan fingerprint density at radius 3 is 2.45 bits per heavy atom. The first-order valence-electron chi connectivity index (χ1n) is 10.1. The number of aromatic nitrogens is 1. The van der Waals surface area contributed by atoms with Crippen LogP contribution in [0.15, 0.2) is 90.0 Å². The summed E-state index contributed by atoms with van der Waals surface area (Å²) in [5.74, 6) is -0.0723. The van der Waals surface area contributed by atoms with Crippen LogP contribution in [0.1, 0.15) is 16.7 Å². The van der Waals surface area contributed by atoms with Crippen molar-refractivity contribution in [1.82, 2.24) is 4.57 Å². The van der Waals surface area contributed by atoms with Crippen LogP contribution < -0.4 is 4.90 Å². The molecule has 1 aromatic heterocycles. The summed E-state index contributed by atoms with van der Waals surface area (Å²) in [4.78, 5) is 15.4. The quantitative estimate of drug-likeness (QED) is 0.271. The molecule has 152 valence electrons. The van der Waals surface area contributed by atoms with Crippen LogP contribution in [0, 0.1) is 6.92 Å². The zero-order valence-corrected chi connectivity index (χ0v) is 18.6. The lowest BCUT2D eigenvalue weighted by atomic mass is 10.1. The fourth-order valence-electron chi connectivity index (χ4n) is 3.90. The van der Waals surface area contributed by atoms with Gasteiger partial charge in [-0.2, -0.15) is 0 Å². The fourth-order valence-corrected chi connectivity index (χ4v) is 5.19. The molecule has 3 aromatic carbocycles. The third-order valence-electron chi connectivity index (χ3n) is 5.52. The number of carbonyl (C=O) groups excluding carboxylic acids is 1. The van der Waals surface area contributed by atoms with Gasteiger partial charge in [0, 0.05) is 29.2 Å². The predicted octanol–water partition coefficient (Wildman–Crippen LogP) is 6.40. The lowest BCUT2D eigenvalue weighted by Gasteiger charge is -2.13. The van der Waals surface area contributed by atoms with E-state index in [-0.39, 0.29) is 5.91 Å². The molecule has 0 N–H and O–H groups in total. The number of hydrogen-bond acceptors (Lipinski definition) is 3. The number of hydrogen-bond donors (Lipinski definition) is 0. The lowest BCUT2D eigenvalue weighted by molar-refractivity contribution is -0.113. The van der Waals surface area contributed by atoms with Gasteiger partial charge >= 0.3 is 0 Å². The molecule has 4 aromatic rings. The Balaban J connectivity index is 1.54. The van der Waals surface area contributed by atoms with E-state index in [1.54, 1.807) is 4.90 Å². The second-order valence-electron chi connectivity index (χ2n) is 7.51. The average molecular weight is 441 g/mol. The van der Waals surface area contributed by atoms with Crippen LogP contribution in [-0.2, 0) is 11.3 Å². The molecule has 2 heterocycles. The summed E-state index contributed by atoms with van der Waals surface area (Å²) in [7, 11) is 0. The normalized spacial score (nSPS) is 15.4. The van der Waals surface area contributed by atoms with Crippen molar-refractivity contribution < 1.29 is 4.79 Å². The number of benzene rings is 3. The maximum absolute atomic E-state index is 13.1. The molecule has 1 aliphatic rings. The molecule has 1 aliphatic heterocycles. The van der Waals surface area contributed by atoms with Crippen molar-refractivity contribution in [2.45, 2.75) is 13.5 Å². The summed E-state index contributed by atoms with van der Waals surface area (Å²) in [6, 6.07) is 26.3. The molecule has 1 saturated heterocycles. The minimum atomic E-state index is -0.0723. The summed E-state index contributed by atoms with van der Waals surface area (Å²) in [5, 5.41) is 1.13. The highest BCUT2D eigenvalue weighted by molar-refractivity contribution is 8.27. The highest BCUT2D eigenvalue weighted by atomic mass is 32.2. The summed E-state index contributed by atoms with van der Waals surface area (Å²) in [6.07, 6.45) is 4.10. The zero-order chi connectivity index (χ0) is 21.4. The van der Waals surface area contributed by atoms with Crippen molar-refractivity contribution in [2.24, 2.45) is 0 Å². The molecule has 0 spiro atoms. The molecule has 1 fully saturated rings. The van der Waals surface area contributed by atoms with E-state index >= 15 is 0 Å². The summed E-state index contributed by atoms with van der Waals surface area (Å²) in [5.41, 5.74) is 5.53. The minimum Gasteiger partial charge on any atom is -0.342 e. The summed E-state index contributed by atoms with van der Waals surface area (Å²) >= 11 is 6.87. The topological polar surface area (TPSA) is 25.2 Å². The number of rotatable bonds is 4. The molecular formula is C26H20N2OS2. The predicted molar refractivity (Wildman–Crippen MR) is 134 cm³/mol. The van der Waals surface area contributed by atoms with Crippen LogP contribution in [0.2, 0.25) is 0 Å². The highest BCUT2D eigenvalue weighted by Crippen LogP contribution is 2.37.